The van der Waals surface area contributed by atoms with E-state index in [0.29, 0.717) is 6.07 Å². The summed E-state index contributed by atoms with van der Waals surface area (Å²) in [5.74, 6) is -6.55. The van der Waals surface area contributed by atoms with E-state index in [4.69, 9.17) is 5.73 Å². The van der Waals surface area contributed by atoms with Crippen molar-refractivity contribution in [2.24, 2.45) is 5.73 Å². The Balaban J connectivity index is 0.00000400. The minimum Gasteiger partial charge on any atom is -0.502 e. The van der Waals surface area contributed by atoms with Crippen LogP contribution in [0, 0.1) is 10.1 Å². The largest absolute Gasteiger partial charge is 0.502 e. The summed E-state index contributed by atoms with van der Waals surface area (Å²) in [7, 11) is 0. The van der Waals surface area contributed by atoms with Crippen LogP contribution in [0.1, 0.15) is 18.5 Å². The van der Waals surface area contributed by atoms with E-state index in [1.165, 1.54) is 6.92 Å². The molecule has 0 saturated carbocycles. The highest BCUT2D eigenvalue weighted by Gasteiger charge is 2.48. The van der Waals surface area contributed by atoms with Gasteiger partial charge in [0.1, 0.15) is 6.04 Å². The smallest absolute Gasteiger partial charge is 0.379 e. The number of phenols is 1. The number of carbonyl (C=O) groups is 1. The lowest BCUT2D eigenvalue weighted by Gasteiger charge is -2.21. The molecule has 0 radical (unpaired) electrons. The number of esters is 1. The number of ether oxygens (including phenoxy) is 1. The molecule has 0 fully saturated rings. The van der Waals surface area contributed by atoms with Gasteiger partial charge in [-0.2, -0.15) is 8.78 Å². The van der Waals surface area contributed by atoms with Gasteiger partial charge in [0.15, 0.2) is 5.75 Å². The van der Waals surface area contributed by atoms with Gasteiger partial charge in [-0.25, -0.2) is 4.79 Å². The maximum Gasteiger partial charge on any atom is 0.379 e. The van der Waals surface area contributed by atoms with Crippen LogP contribution in [0.5, 0.6) is 5.75 Å². The Bertz CT molecular complexity index is 541. The molecule has 1 aromatic rings. The van der Waals surface area contributed by atoms with Gasteiger partial charge in [-0.1, -0.05) is 6.07 Å². The van der Waals surface area contributed by atoms with Crippen LogP contribution in [0.15, 0.2) is 18.2 Å². The van der Waals surface area contributed by atoms with Crippen molar-refractivity contribution in [3.05, 3.63) is 33.9 Å². The second-order valence-corrected chi connectivity index (χ2v) is 3.83. The van der Waals surface area contributed by atoms with E-state index in [-0.39, 0.29) is 24.6 Å². The monoisotopic (exact) mass is 326 g/mol. The van der Waals surface area contributed by atoms with Crippen molar-refractivity contribution in [2.75, 3.05) is 6.61 Å². The van der Waals surface area contributed by atoms with E-state index >= 15 is 0 Å². The number of nitro benzene ring substituents is 1. The van der Waals surface area contributed by atoms with E-state index in [1.807, 2.05) is 0 Å². The molecule has 0 bridgehead atoms. The highest BCUT2D eigenvalue weighted by Crippen LogP contribution is 2.35. The van der Waals surface area contributed by atoms with Gasteiger partial charge in [0.25, 0.3) is 0 Å². The molecule has 1 rings (SSSR count). The summed E-state index contributed by atoms with van der Waals surface area (Å²) in [6.45, 7) is 1.10. The third-order valence-corrected chi connectivity index (χ3v) is 2.49. The van der Waals surface area contributed by atoms with Gasteiger partial charge in [0.2, 0.25) is 0 Å². The van der Waals surface area contributed by atoms with Gasteiger partial charge in [0.05, 0.1) is 11.5 Å². The number of benzene rings is 1. The molecule has 0 aliphatic carbocycles. The second kappa shape index (κ2) is 7.14. The number of phenolic OH excluding ortho intramolecular Hbond substituents is 1. The standard InChI is InChI=1S/C11H12F2N2O5.ClH/c1-2-20-10(17)11(12,13)9(14)6-3-4-8(16)7(5-6)15(18)19;/h3-5,9,16H,2,14H2,1H3;1H/t9-;/m0./s1. The van der Waals surface area contributed by atoms with Crippen molar-refractivity contribution < 1.29 is 28.3 Å². The van der Waals surface area contributed by atoms with E-state index in [9.17, 15) is 28.8 Å². The van der Waals surface area contributed by atoms with Crippen LogP contribution in [-0.4, -0.2) is 28.5 Å². The fourth-order valence-corrected chi connectivity index (χ4v) is 1.44. The Hall–Kier alpha value is -2.00. The molecular formula is C11H13ClF2N2O5. The molecule has 0 aliphatic rings. The molecule has 0 saturated heterocycles. The predicted octanol–water partition coefficient (Wildman–Crippen LogP) is 1.92. The number of nitrogens with two attached hydrogens (primary N) is 1. The van der Waals surface area contributed by atoms with Crippen LogP contribution < -0.4 is 5.73 Å². The van der Waals surface area contributed by atoms with Gasteiger partial charge >= 0.3 is 17.6 Å². The number of rotatable bonds is 5. The first-order valence-corrected chi connectivity index (χ1v) is 5.49. The van der Waals surface area contributed by atoms with E-state index in [1.54, 1.807) is 0 Å². The molecule has 21 heavy (non-hydrogen) atoms. The number of nitro groups is 1. The molecule has 7 nitrogen and oxygen atoms in total. The maximum atomic E-state index is 13.7. The number of alkyl halides is 2. The van der Waals surface area contributed by atoms with Gasteiger partial charge < -0.3 is 15.6 Å². The van der Waals surface area contributed by atoms with E-state index in [0.717, 1.165) is 12.1 Å². The number of hydrogen-bond acceptors (Lipinski definition) is 6. The van der Waals surface area contributed by atoms with Crippen molar-refractivity contribution in [3.8, 4) is 5.75 Å². The molecule has 1 atom stereocenters. The van der Waals surface area contributed by atoms with Crippen molar-refractivity contribution in [2.45, 2.75) is 18.9 Å². The Morgan fingerprint density at radius 2 is 2.14 bits per heavy atom. The Labute approximate surface area is 124 Å². The first kappa shape index (κ1) is 19.0. The molecule has 0 heterocycles. The molecule has 1 aromatic carbocycles. The Morgan fingerprint density at radius 3 is 2.62 bits per heavy atom. The van der Waals surface area contributed by atoms with Crippen LogP contribution in [-0.2, 0) is 9.53 Å². The average Bonchev–Trinajstić information content (AvgIpc) is 2.38. The normalized spacial score (nSPS) is 12.2. The number of halogens is 3. The zero-order valence-electron chi connectivity index (χ0n) is 10.8. The average molecular weight is 327 g/mol. The molecule has 3 N–H and O–H groups in total. The minimum absolute atomic E-state index is 0. The van der Waals surface area contributed by atoms with Crippen molar-refractivity contribution in [1.29, 1.82) is 0 Å². The third-order valence-electron chi connectivity index (χ3n) is 2.49. The zero-order valence-corrected chi connectivity index (χ0v) is 11.6. The highest BCUT2D eigenvalue weighted by molar-refractivity contribution is 5.85. The molecule has 0 aliphatic heterocycles. The van der Waals surface area contributed by atoms with Gasteiger partial charge in [-0.3, -0.25) is 10.1 Å². The minimum atomic E-state index is -4.04. The lowest BCUT2D eigenvalue weighted by molar-refractivity contribution is -0.386. The topological polar surface area (TPSA) is 116 Å². The molecule has 0 aromatic heterocycles. The molecule has 10 heteroatoms. The number of hydrogen-bond donors (Lipinski definition) is 2. The summed E-state index contributed by atoms with van der Waals surface area (Å²) in [5, 5.41) is 19.8. The molecular weight excluding hydrogens is 314 g/mol. The van der Waals surface area contributed by atoms with E-state index < -0.39 is 34.3 Å². The van der Waals surface area contributed by atoms with Crippen LogP contribution in [0.2, 0.25) is 0 Å². The summed E-state index contributed by atoms with van der Waals surface area (Å²) in [5.41, 5.74) is 4.12. The van der Waals surface area contributed by atoms with Crippen LogP contribution in [0.3, 0.4) is 0 Å². The molecule has 0 amide bonds. The first-order valence-electron chi connectivity index (χ1n) is 5.49. The maximum absolute atomic E-state index is 13.7. The van der Waals surface area contributed by atoms with E-state index in [2.05, 4.69) is 4.74 Å². The summed E-state index contributed by atoms with van der Waals surface area (Å²) in [4.78, 5) is 20.8. The summed E-state index contributed by atoms with van der Waals surface area (Å²) in [6.07, 6.45) is 0. The predicted molar refractivity (Wildman–Crippen MR) is 70.5 cm³/mol. The number of nitrogens with zero attached hydrogens (tertiary/aromatic N) is 1. The quantitative estimate of drug-likeness (QED) is 0.485. The van der Waals surface area contributed by atoms with Crippen LogP contribution >= 0.6 is 12.4 Å². The second-order valence-electron chi connectivity index (χ2n) is 3.83. The zero-order chi connectivity index (χ0) is 15.5. The molecule has 0 spiro atoms. The van der Waals surface area contributed by atoms with Gasteiger partial charge in [-0.15, -0.1) is 12.4 Å². The number of carbonyl (C=O) groups excluding carboxylic acids is 1. The molecule has 0 unspecified atom stereocenters. The first-order chi connectivity index (χ1) is 9.21. The number of aromatic hydroxyl groups is 1. The van der Waals surface area contributed by atoms with Crippen molar-refractivity contribution in [1.82, 2.24) is 0 Å². The highest BCUT2D eigenvalue weighted by atomic mass is 35.5. The SMILES string of the molecule is CCOC(=O)C(F)(F)[C@@H](N)c1ccc(O)c([N+](=O)[O-])c1.Cl. The van der Waals surface area contributed by atoms with Gasteiger partial charge in [-0.05, 0) is 18.6 Å². The lowest BCUT2D eigenvalue weighted by Crippen LogP contribution is -2.41. The fraction of sp³-hybridized carbons (Fsp3) is 0.364. The van der Waals surface area contributed by atoms with Gasteiger partial charge in [0, 0.05) is 6.07 Å². The summed E-state index contributed by atoms with van der Waals surface area (Å²) in [6, 6.07) is 0.391. The van der Waals surface area contributed by atoms with Crippen molar-refractivity contribution >= 4 is 24.1 Å². The Kier molecular flexibility index (Phi) is 6.46. The van der Waals surface area contributed by atoms with Crippen molar-refractivity contribution in [3.63, 3.8) is 0 Å². The Morgan fingerprint density at radius 1 is 1.57 bits per heavy atom. The summed E-state index contributed by atoms with van der Waals surface area (Å²) < 4.78 is 31.6. The fourth-order valence-electron chi connectivity index (χ4n) is 1.44. The van der Waals surface area contributed by atoms with Crippen LogP contribution in [0.4, 0.5) is 14.5 Å². The third kappa shape index (κ3) is 3.99. The van der Waals surface area contributed by atoms with Crippen LogP contribution in [0.25, 0.3) is 0 Å². The molecule has 118 valence electrons. The summed E-state index contributed by atoms with van der Waals surface area (Å²) >= 11 is 0. The lowest BCUT2D eigenvalue weighted by atomic mass is 10.0.